The summed E-state index contributed by atoms with van der Waals surface area (Å²) in [6.07, 6.45) is -3.19. The number of alkyl halides is 3. The van der Waals surface area contributed by atoms with Gasteiger partial charge in [0.1, 0.15) is 10.8 Å². The van der Waals surface area contributed by atoms with Crippen LogP contribution in [0.25, 0.3) is 10.6 Å². The summed E-state index contributed by atoms with van der Waals surface area (Å²) in [6, 6.07) is 10.5. The van der Waals surface area contributed by atoms with Crippen LogP contribution in [-0.2, 0) is 6.54 Å². The topological polar surface area (TPSA) is 67.8 Å². The fourth-order valence-corrected chi connectivity index (χ4v) is 4.33. The normalized spacial score (nSPS) is 14.8. The van der Waals surface area contributed by atoms with Crippen molar-refractivity contribution in [3.05, 3.63) is 59.2 Å². The first-order valence-electron chi connectivity index (χ1n) is 10.6. The fourth-order valence-electron chi connectivity index (χ4n) is 3.51. The zero-order valence-electron chi connectivity index (χ0n) is 18.4. The molecule has 1 aliphatic heterocycles. The van der Waals surface area contributed by atoms with Gasteiger partial charge in [-0.15, -0.1) is 11.3 Å². The van der Waals surface area contributed by atoms with Gasteiger partial charge < -0.3 is 14.4 Å². The second kappa shape index (κ2) is 10.4. The molecule has 0 atom stereocenters. The van der Waals surface area contributed by atoms with Gasteiger partial charge in [-0.25, -0.2) is 9.97 Å². The van der Waals surface area contributed by atoms with E-state index in [1.807, 2.05) is 29.6 Å². The Balaban J connectivity index is 1.27. The van der Waals surface area contributed by atoms with Crippen LogP contribution in [-0.4, -0.2) is 71.7 Å². The molecule has 1 aliphatic rings. The second-order valence-electron chi connectivity index (χ2n) is 7.73. The predicted molar refractivity (Wildman–Crippen MR) is 121 cm³/mol. The minimum atomic E-state index is -4.44. The number of carbonyl (C=O) groups excluding carboxylic acids is 1. The van der Waals surface area contributed by atoms with E-state index in [2.05, 4.69) is 14.6 Å². The highest BCUT2D eigenvalue weighted by molar-refractivity contribution is 7.13. The molecule has 0 aliphatic carbocycles. The Kier molecular flexibility index (Phi) is 7.32. The van der Waals surface area contributed by atoms with Crippen molar-refractivity contribution in [1.82, 2.24) is 19.8 Å². The number of methoxy groups -OCH3 is 1. The number of benzene rings is 1. The summed E-state index contributed by atoms with van der Waals surface area (Å²) in [6.45, 7) is 1.75. The molecule has 0 saturated carbocycles. The van der Waals surface area contributed by atoms with Crippen molar-refractivity contribution >= 4 is 17.2 Å². The van der Waals surface area contributed by atoms with Crippen molar-refractivity contribution in [2.75, 3.05) is 39.9 Å². The zero-order chi connectivity index (χ0) is 24.1. The van der Waals surface area contributed by atoms with Crippen molar-refractivity contribution < 1.29 is 27.4 Å². The summed E-state index contributed by atoms with van der Waals surface area (Å²) < 4.78 is 46.5. The third-order valence-electron chi connectivity index (χ3n) is 5.30. The maximum Gasteiger partial charge on any atom is 0.422 e. The number of hydrogen-bond donors (Lipinski definition) is 0. The number of pyridine rings is 1. The molecule has 0 radical (unpaired) electrons. The van der Waals surface area contributed by atoms with Gasteiger partial charge in [-0.3, -0.25) is 9.69 Å². The van der Waals surface area contributed by atoms with Gasteiger partial charge in [0.2, 0.25) is 5.88 Å². The van der Waals surface area contributed by atoms with Gasteiger partial charge in [-0.2, -0.15) is 13.2 Å². The first-order valence-corrected chi connectivity index (χ1v) is 11.4. The number of nitrogens with zero attached hydrogens (tertiary/aromatic N) is 4. The number of aromatic nitrogens is 2. The largest absolute Gasteiger partial charge is 0.497 e. The van der Waals surface area contributed by atoms with Gasteiger partial charge in [0.05, 0.1) is 18.4 Å². The zero-order valence-corrected chi connectivity index (χ0v) is 19.2. The first kappa shape index (κ1) is 24.0. The lowest BCUT2D eigenvalue weighted by Crippen LogP contribution is -2.48. The van der Waals surface area contributed by atoms with E-state index >= 15 is 0 Å². The van der Waals surface area contributed by atoms with Crippen LogP contribution in [0.1, 0.15) is 16.1 Å². The van der Waals surface area contributed by atoms with E-state index in [-0.39, 0.29) is 11.8 Å². The molecule has 0 bridgehead atoms. The molecule has 0 N–H and O–H groups in total. The average Bonchev–Trinajstić information content (AvgIpc) is 3.31. The monoisotopic (exact) mass is 492 g/mol. The van der Waals surface area contributed by atoms with E-state index in [1.54, 1.807) is 23.3 Å². The molecule has 1 fully saturated rings. The van der Waals surface area contributed by atoms with E-state index in [9.17, 15) is 18.0 Å². The summed E-state index contributed by atoms with van der Waals surface area (Å²) in [7, 11) is 1.63. The fraction of sp³-hybridized carbons (Fsp3) is 0.348. The van der Waals surface area contributed by atoms with Gasteiger partial charge >= 0.3 is 6.18 Å². The maximum absolute atomic E-state index is 12.7. The highest BCUT2D eigenvalue weighted by atomic mass is 32.1. The molecule has 7 nitrogen and oxygen atoms in total. The van der Waals surface area contributed by atoms with Crippen molar-refractivity contribution in [2.45, 2.75) is 12.7 Å². The van der Waals surface area contributed by atoms with Crippen molar-refractivity contribution in [3.8, 4) is 22.2 Å². The maximum atomic E-state index is 12.7. The molecule has 34 heavy (non-hydrogen) atoms. The van der Waals surface area contributed by atoms with Crippen LogP contribution in [0.5, 0.6) is 11.6 Å². The van der Waals surface area contributed by atoms with Crippen molar-refractivity contribution in [1.29, 1.82) is 0 Å². The molecule has 2 aromatic heterocycles. The van der Waals surface area contributed by atoms with E-state index in [0.29, 0.717) is 38.3 Å². The van der Waals surface area contributed by atoms with E-state index in [4.69, 9.17) is 9.72 Å². The number of amides is 1. The summed E-state index contributed by atoms with van der Waals surface area (Å²) in [4.78, 5) is 25.2. The Bertz CT molecular complexity index is 1100. The van der Waals surface area contributed by atoms with Crippen molar-refractivity contribution in [3.63, 3.8) is 0 Å². The van der Waals surface area contributed by atoms with Crippen LogP contribution in [0.3, 0.4) is 0 Å². The molecule has 1 aromatic carbocycles. The smallest absolute Gasteiger partial charge is 0.422 e. The highest BCUT2D eigenvalue weighted by Gasteiger charge is 2.29. The number of piperazine rings is 1. The first-order chi connectivity index (χ1) is 16.3. The Morgan fingerprint density at radius 3 is 2.44 bits per heavy atom. The van der Waals surface area contributed by atoms with Crippen LogP contribution in [0.2, 0.25) is 0 Å². The Morgan fingerprint density at radius 2 is 1.82 bits per heavy atom. The number of carbonyl (C=O) groups is 1. The van der Waals surface area contributed by atoms with Gasteiger partial charge in [0, 0.05) is 55.9 Å². The summed E-state index contributed by atoms with van der Waals surface area (Å²) in [5.74, 6) is 0.426. The minimum Gasteiger partial charge on any atom is -0.497 e. The third kappa shape index (κ3) is 6.23. The Labute approximate surface area is 198 Å². The average molecular weight is 493 g/mol. The molecule has 3 aromatic rings. The molecule has 4 rings (SSSR count). The summed E-state index contributed by atoms with van der Waals surface area (Å²) in [5.41, 5.74) is 2.33. The van der Waals surface area contributed by atoms with E-state index in [1.165, 1.54) is 18.3 Å². The van der Waals surface area contributed by atoms with Crippen LogP contribution in [0.15, 0.2) is 48.0 Å². The highest BCUT2D eigenvalue weighted by Crippen LogP contribution is 2.26. The predicted octanol–water partition coefficient (Wildman–Crippen LogP) is 4.11. The Hall–Kier alpha value is -3.18. The van der Waals surface area contributed by atoms with Gasteiger partial charge in [-0.05, 0) is 30.3 Å². The third-order valence-corrected chi connectivity index (χ3v) is 6.24. The van der Waals surface area contributed by atoms with Crippen molar-refractivity contribution in [2.24, 2.45) is 0 Å². The number of thiazole rings is 1. The standard InChI is InChI=1S/C23H23F3N4O3S/c1-32-19-5-2-16(3-6-19)21-28-18(14-34-21)13-29-8-10-30(11-9-29)22(31)17-4-7-20(27-12-17)33-15-23(24,25)26/h2-7,12,14H,8-11,13,15H2,1H3. The quantitative estimate of drug-likeness (QED) is 0.495. The van der Waals surface area contributed by atoms with E-state index < -0.39 is 12.8 Å². The molecule has 0 unspecified atom stereocenters. The van der Waals surface area contributed by atoms with E-state index in [0.717, 1.165) is 22.0 Å². The Morgan fingerprint density at radius 1 is 1.09 bits per heavy atom. The summed E-state index contributed by atoms with van der Waals surface area (Å²) in [5, 5.41) is 2.99. The molecule has 11 heteroatoms. The molecule has 3 heterocycles. The van der Waals surface area contributed by atoms with Gasteiger partial charge in [0.25, 0.3) is 5.91 Å². The minimum absolute atomic E-state index is 0.170. The molecular weight excluding hydrogens is 469 g/mol. The molecule has 1 saturated heterocycles. The van der Waals surface area contributed by atoms with Crippen LogP contribution in [0, 0.1) is 0 Å². The van der Waals surface area contributed by atoms with Crippen LogP contribution < -0.4 is 9.47 Å². The molecule has 180 valence electrons. The van der Waals surface area contributed by atoms with Crippen LogP contribution in [0.4, 0.5) is 13.2 Å². The number of rotatable bonds is 7. The lowest BCUT2D eigenvalue weighted by molar-refractivity contribution is -0.154. The van der Waals surface area contributed by atoms with Gasteiger partial charge in [-0.1, -0.05) is 0 Å². The van der Waals surface area contributed by atoms with Crippen LogP contribution >= 0.6 is 11.3 Å². The lowest BCUT2D eigenvalue weighted by atomic mass is 10.2. The number of hydrogen-bond acceptors (Lipinski definition) is 7. The molecular formula is C23H23F3N4O3S. The molecule has 0 spiro atoms. The second-order valence-corrected chi connectivity index (χ2v) is 8.59. The van der Waals surface area contributed by atoms with Gasteiger partial charge in [0.15, 0.2) is 6.61 Å². The SMILES string of the molecule is COc1ccc(-c2nc(CN3CCN(C(=O)c4ccc(OCC(F)(F)F)nc4)CC3)cs2)cc1. The molecule has 1 amide bonds. The summed E-state index contributed by atoms with van der Waals surface area (Å²) >= 11 is 1.59. The number of halogens is 3. The lowest BCUT2D eigenvalue weighted by Gasteiger charge is -2.34. The number of ether oxygens (including phenoxy) is 2.